The summed E-state index contributed by atoms with van der Waals surface area (Å²) in [5.74, 6) is 2.15. The van der Waals surface area contributed by atoms with Gasteiger partial charge in [0.2, 0.25) is 0 Å². The zero-order valence-electron chi connectivity index (χ0n) is 11.8. The van der Waals surface area contributed by atoms with Gasteiger partial charge in [0.15, 0.2) is 11.5 Å². The van der Waals surface area contributed by atoms with Crippen molar-refractivity contribution in [1.29, 1.82) is 0 Å². The van der Waals surface area contributed by atoms with Gasteiger partial charge in [0, 0.05) is 10.5 Å². The molecule has 2 aromatic carbocycles. The number of halogens is 1. The summed E-state index contributed by atoms with van der Waals surface area (Å²) in [5, 5.41) is 0. The lowest BCUT2D eigenvalue weighted by atomic mass is 10.1. The SMILES string of the molecule is COc1cc(C)ccc1Oc1ccc([C@H](C)N)c(Br)c1. The molecule has 0 radical (unpaired) electrons. The highest BCUT2D eigenvalue weighted by molar-refractivity contribution is 9.10. The highest BCUT2D eigenvalue weighted by atomic mass is 79.9. The van der Waals surface area contributed by atoms with Gasteiger partial charge < -0.3 is 15.2 Å². The van der Waals surface area contributed by atoms with Gasteiger partial charge in [0.05, 0.1) is 7.11 Å². The summed E-state index contributed by atoms with van der Waals surface area (Å²) >= 11 is 3.52. The van der Waals surface area contributed by atoms with Crippen molar-refractivity contribution in [3.63, 3.8) is 0 Å². The van der Waals surface area contributed by atoms with Crippen LogP contribution in [0.1, 0.15) is 24.1 Å². The average Bonchev–Trinajstić information content (AvgIpc) is 2.40. The van der Waals surface area contributed by atoms with Crippen molar-refractivity contribution in [3.8, 4) is 17.2 Å². The van der Waals surface area contributed by atoms with Gasteiger partial charge in [-0.1, -0.05) is 28.1 Å². The molecule has 4 heteroatoms. The molecule has 20 heavy (non-hydrogen) atoms. The van der Waals surface area contributed by atoms with E-state index in [0.717, 1.165) is 27.1 Å². The molecule has 0 aliphatic carbocycles. The van der Waals surface area contributed by atoms with Gasteiger partial charge in [0.1, 0.15) is 5.75 Å². The van der Waals surface area contributed by atoms with Crippen LogP contribution in [0.25, 0.3) is 0 Å². The Morgan fingerprint density at radius 3 is 2.45 bits per heavy atom. The number of methoxy groups -OCH3 is 1. The number of hydrogen-bond acceptors (Lipinski definition) is 3. The Labute approximate surface area is 127 Å². The molecule has 2 rings (SSSR count). The quantitative estimate of drug-likeness (QED) is 0.889. The number of aryl methyl sites for hydroxylation is 1. The molecule has 0 aromatic heterocycles. The van der Waals surface area contributed by atoms with Crippen LogP contribution in [-0.2, 0) is 0 Å². The minimum absolute atomic E-state index is 0.0210. The van der Waals surface area contributed by atoms with Gasteiger partial charge in [-0.2, -0.15) is 0 Å². The normalized spacial score (nSPS) is 12.1. The van der Waals surface area contributed by atoms with Crippen molar-refractivity contribution in [3.05, 3.63) is 52.0 Å². The third-order valence-electron chi connectivity index (χ3n) is 3.01. The van der Waals surface area contributed by atoms with Crippen molar-refractivity contribution >= 4 is 15.9 Å². The second kappa shape index (κ2) is 6.29. The Kier molecular flexibility index (Phi) is 4.68. The molecule has 3 nitrogen and oxygen atoms in total. The van der Waals surface area contributed by atoms with E-state index in [4.69, 9.17) is 15.2 Å². The average molecular weight is 336 g/mol. The molecule has 0 saturated carbocycles. The van der Waals surface area contributed by atoms with E-state index in [1.165, 1.54) is 0 Å². The van der Waals surface area contributed by atoms with E-state index < -0.39 is 0 Å². The van der Waals surface area contributed by atoms with Gasteiger partial charge in [-0.3, -0.25) is 0 Å². The summed E-state index contributed by atoms with van der Waals surface area (Å²) in [6.07, 6.45) is 0. The Hall–Kier alpha value is -1.52. The van der Waals surface area contributed by atoms with E-state index in [2.05, 4.69) is 15.9 Å². The predicted octanol–water partition coefficient (Wildman–Crippen LogP) is 4.58. The fraction of sp³-hybridized carbons (Fsp3) is 0.250. The molecule has 0 saturated heterocycles. The molecule has 1 atom stereocenters. The van der Waals surface area contributed by atoms with Crippen LogP contribution in [0, 0.1) is 6.92 Å². The molecule has 0 aliphatic heterocycles. The highest BCUT2D eigenvalue weighted by Crippen LogP contribution is 2.34. The van der Waals surface area contributed by atoms with Crippen LogP contribution < -0.4 is 15.2 Å². The van der Waals surface area contributed by atoms with Crippen LogP contribution in [0.4, 0.5) is 0 Å². The lowest BCUT2D eigenvalue weighted by molar-refractivity contribution is 0.378. The maximum atomic E-state index is 5.89. The first-order valence-corrected chi connectivity index (χ1v) is 7.18. The van der Waals surface area contributed by atoms with Crippen LogP contribution >= 0.6 is 15.9 Å². The molecular formula is C16H18BrNO2. The first-order chi connectivity index (χ1) is 9.51. The first kappa shape index (κ1) is 14.9. The smallest absolute Gasteiger partial charge is 0.169 e. The van der Waals surface area contributed by atoms with Crippen LogP contribution in [-0.4, -0.2) is 7.11 Å². The molecular weight excluding hydrogens is 318 g/mol. The van der Waals surface area contributed by atoms with Crippen LogP contribution in [0.15, 0.2) is 40.9 Å². The van der Waals surface area contributed by atoms with Gasteiger partial charge in [-0.25, -0.2) is 0 Å². The zero-order valence-corrected chi connectivity index (χ0v) is 13.4. The molecule has 0 unspecified atom stereocenters. The molecule has 2 N–H and O–H groups in total. The van der Waals surface area contributed by atoms with E-state index in [-0.39, 0.29) is 6.04 Å². The molecule has 106 valence electrons. The third-order valence-corrected chi connectivity index (χ3v) is 3.70. The molecule has 0 heterocycles. The molecule has 0 aliphatic rings. The van der Waals surface area contributed by atoms with Crippen molar-refractivity contribution in [2.24, 2.45) is 5.73 Å². The topological polar surface area (TPSA) is 44.5 Å². The number of rotatable bonds is 4. The lowest BCUT2D eigenvalue weighted by Gasteiger charge is -2.13. The van der Waals surface area contributed by atoms with Crippen molar-refractivity contribution in [1.82, 2.24) is 0 Å². The monoisotopic (exact) mass is 335 g/mol. The second-order valence-electron chi connectivity index (χ2n) is 4.73. The Morgan fingerprint density at radius 1 is 1.10 bits per heavy atom. The number of nitrogens with two attached hydrogens (primary N) is 1. The summed E-state index contributed by atoms with van der Waals surface area (Å²) in [6, 6.07) is 11.6. The minimum Gasteiger partial charge on any atom is -0.493 e. The van der Waals surface area contributed by atoms with Gasteiger partial charge in [-0.15, -0.1) is 0 Å². The van der Waals surface area contributed by atoms with E-state index in [1.807, 2.05) is 50.2 Å². The fourth-order valence-electron chi connectivity index (χ4n) is 1.93. The number of ether oxygens (including phenoxy) is 2. The van der Waals surface area contributed by atoms with Crippen LogP contribution in [0.3, 0.4) is 0 Å². The predicted molar refractivity (Wildman–Crippen MR) is 84.5 cm³/mol. The maximum absolute atomic E-state index is 5.89. The number of hydrogen-bond donors (Lipinski definition) is 1. The summed E-state index contributed by atoms with van der Waals surface area (Å²) in [6.45, 7) is 3.96. The third kappa shape index (κ3) is 3.32. The molecule has 0 bridgehead atoms. The zero-order chi connectivity index (χ0) is 14.7. The molecule has 0 amide bonds. The Morgan fingerprint density at radius 2 is 1.85 bits per heavy atom. The lowest BCUT2D eigenvalue weighted by Crippen LogP contribution is -2.05. The van der Waals surface area contributed by atoms with Crippen molar-refractivity contribution in [2.75, 3.05) is 7.11 Å². The first-order valence-electron chi connectivity index (χ1n) is 6.39. The molecule has 0 spiro atoms. The van der Waals surface area contributed by atoms with Crippen LogP contribution in [0.5, 0.6) is 17.2 Å². The summed E-state index contributed by atoms with van der Waals surface area (Å²) in [4.78, 5) is 0. The summed E-state index contributed by atoms with van der Waals surface area (Å²) in [7, 11) is 1.64. The van der Waals surface area contributed by atoms with Crippen LogP contribution in [0.2, 0.25) is 0 Å². The Bertz CT molecular complexity index is 611. The fourth-order valence-corrected chi connectivity index (χ4v) is 2.65. The maximum Gasteiger partial charge on any atom is 0.169 e. The Balaban J connectivity index is 2.28. The summed E-state index contributed by atoms with van der Waals surface area (Å²) in [5.41, 5.74) is 8.07. The van der Waals surface area contributed by atoms with Crippen molar-refractivity contribution in [2.45, 2.75) is 19.9 Å². The molecule has 0 fully saturated rings. The van der Waals surface area contributed by atoms with Gasteiger partial charge in [0.25, 0.3) is 0 Å². The van der Waals surface area contributed by atoms with E-state index in [1.54, 1.807) is 7.11 Å². The standard InChI is InChI=1S/C16H18BrNO2/c1-10-4-7-15(16(8-10)19-3)20-12-5-6-13(11(2)18)14(17)9-12/h4-9,11H,18H2,1-3H3/t11-/m0/s1. The largest absolute Gasteiger partial charge is 0.493 e. The minimum atomic E-state index is -0.0210. The van der Waals surface area contributed by atoms with E-state index in [9.17, 15) is 0 Å². The van der Waals surface area contributed by atoms with E-state index in [0.29, 0.717) is 5.75 Å². The van der Waals surface area contributed by atoms with Gasteiger partial charge in [-0.05, 0) is 49.2 Å². The van der Waals surface area contributed by atoms with Crippen molar-refractivity contribution < 1.29 is 9.47 Å². The summed E-state index contributed by atoms with van der Waals surface area (Å²) < 4.78 is 12.1. The van der Waals surface area contributed by atoms with Gasteiger partial charge >= 0.3 is 0 Å². The highest BCUT2D eigenvalue weighted by Gasteiger charge is 2.09. The molecule has 2 aromatic rings. The number of benzene rings is 2. The van der Waals surface area contributed by atoms with E-state index >= 15 is 0 Å². The second-order valence-corrected chi connectivity index (χ2v) is 5.58.